The second-order valence-electron chi connectivity index (χ2n) is 7.02. The van der Waals surface area contributed by atoms with E-state index in [4.69, 9.17) is 34.8 Å². The quantitative estimate of drug-likeness (QED) is 0.247. The Kier molecular flexibility index (Phi) is 7.13. The number of nitrogens with zero attached hydrogens (tertiary/aromatic N) is 1. The van der Waals surface area contributed by atoms with Gasteiger partial charge in [-0.05, 0) is 54.6 Å². The van der Waals surface area contributed by atoms with E-state index in [1.165, 1.54) is 10.7 Å². The first kappa shape index (κ1) is 24.1. The van der Waals surface area contributed by atoms with Crippen LogP contribution in [0.15, 0.2) is 71.2 Å². The van der Waals surface area contributed by atoms with E-state index in [-0.39, 0.29) is 21.4 Å². The summed E-state index contributed by atoms with van der Waals surface area (Å²) in [6.07, 6.45) is 0. The van der Waals surface area contributed by atoms with E-state index in [0.717, 1.165) is 4.47 Å². The topological polar surface area (TPSA) is 92.2 Å². The Hall–Kier alpha value is -3.04. The minimum atomic E-state index is -1.00. The lowest BCUT2D eigenvalue weighted by atomic mass is 10.2. The number of para-hydroxylation sites is 1. The molecule has 3 aromatic carbocycles. The minimum absolute atomic E-state index is 0.0676. The van der Waals surface area contributed by atoms with E-state index < -0.39 is 17.7 Å². The average molecular weight is 581 g/mol. The molecule has 4 aromatic rings. The van der Waals surface area contributed by atoms with Crippen molar-refractivity contribution in [2.45, 2.75) is 0 Å². The van der Waals surface area contributed by atoms with Gasteiger partial charge in [-0.2, -0.15) is 0 Å². The predicted molar refractivity (Wildman–Crippen MR) is 139 cm³/mol. The molecule has 0 aliphatic heterocycles. The first-order chi connectivity index (χ1) is 16.2. The number of anilines is 2. The molecule has 3 amide bonds. The van der Waals surface area contributed by atoms with E-state index >= 15 is 0 Å². The number of benzene rings is 3. The van der Waals surface area contributed by atoms with Gasteiger partial charge in [0.05, 0.1) is 26.9 Å². The SMILES string of the molecule is O=C(Nc1ccccc1Cl)C(=O)Nn1c(C(=O)Nc2ccc(Cl)cc2Cl)cc2cc(Br)ccc21. The van der Waals surface area contributed by atoms with Gasteiger partial charge in [0.2, 0.25) is 0 Å². The summed E-state index contributed by atoms with van der Waals surface area (Å²) in [7, 11) is 0. The van der Waals surface area contributed by atoms with E-state index in [2.05, 4.69) is 32.0 Å². The third-order valence-corrected chi connectivity index (χ3v) is 6.09. The molecule has 0 aliphatic rings. The third-order valence-electron chi connectivity index (χ3n) is 4.72. The standard InChI is InChI=1S/C23H14BrCl3N4O3/c24-13-5-8-19-12(9-13)10-20(21(32)28-18-7-6-14(25)11-16(18)27)31(19)30-23(34)22(33)29-17-4-2-1-3-15(17)26/h1-11H,(H,28,32)(H,29,33)(H,30,34). The van der Waals surface area contributed by atoms with E-state index in [9.17, 15) is 14.4 Å². The molecule has 0 saturated carbocycles. The van der Waals surface area contributed by atoms with Gasteiger partial charge in [-0.15, -0.1) is 0 Å². The molecule has 3 N–H and O–H groups in total. The molecule has 7 nitrogen and oxygen atoms in total. The summed E-state index contributed by atoms with van der Waals surface area (Å²) in [5.74, 6) is -2.53. The Labute approximate surface area is 217 Å². The molecule has 34 heavy (non-hydrogen) atoms. The molecule has 172 valence electrons. The highest BCUT2D eigenvalue weighted by molar-refractivity contribution is 9.10. The van der Waals surface area contributed by atoms with Gasteiger partial charge >= 0.3 is 11.8 Å². The normalized spacial score (nSPS) is 10.7. The van der Waals surface area contributed by atoms with Gasteiger partial charge in [0.1, 0.15) is 5.69 Å². The fourth-order valence-corrected chi connectivity index (χ4v) is 4.16. The highest BCUT2D eigenvalue weighted by Gasteiger charge is 2.22. The van der Waals surface area contributed by atoms with E-state index in [1.807, 2.05) is 0 Å². The molecular weight excluding hydrogens is 567 g/mol. The second-order valence-corrected chi connectivity index (χ2v) is 9.19. The molecule has 0 unspecified atom stereocenters. The van der Waals surface area contributed by atoms with Gasteiger partial charge < -0.3 is 10.6 Å². The number of carbonyl (C=O) groups is 3. The van der Waals surface area contributed by atoms with Crippen LogP contribution in [0, 0.1) is 0 Å². The molecule has 0 aliphatic carbocycles. The van der Waals surface area contributed by atoms with Crippen LogP contribution < -0.4 is 16.1 Å². The van der Waals surface area contributed by atoms with Gasteiger partial charge in [-0.25, -0.2) is 4.68 Å². The largest absolute Gasteiger partial charge is 0.328 e. The molecule has 1 aromatic heterocycles. The van der Waals surface area contributed by atoms with Crippen molar-refractivity contribution in [3.63, 3.8) is 0 Å². The number of aromatic nitrogens is 1. The van der Waals surface area contributed by atoms with Crippen LogP contribution in [0.1, 0.15) is 10.5 Å². The zero-order valence-corrected chi connectivity index (χ0v) is 20.9. The second kappa shape index (κ2) is 10.1. The van der Waals surface area contributed by atoms with Crippen molar-refractivity contribution in [3.8, 4) is 0 Å². The van der Waals surface area contributed by atoms with Crippen LogP contribution in [0.3, 0.4) is 0 Å². The Morgan fingerprint density at radius 3 is 2.24 bits per heavy atom. The number of hydrogen-bond acceptors (Lipinski definition) is 3. The smallest absolute Gasteiger partial charge is 0.319 e. The van der Waals surface area contributed by atoms with Crippen LogP contribution in [0.5, 0.6) is 0 Å². The summed E-state index contributed by atoms with van der Waals surface area (Å²) in [6, 6.07) is 17.9. The average Bonchev–Trinajstić information content (AvgIpc) is 3.14. The maximum absolute atomic E-state index is 13.1. The van der Waals surface area contributed by atoms with Crippen molar-refractivity contribution in [2.75, 3.05) is 16.1 Å². The van der Waals surface area contributed by atoms with Gasteiger partial charge in [0.15, 0.2) is 0 Å². The van der Waals surface area contributed by atoms with Gasteiger partial charge in [-0.1, -0.05) is 62.9 Å². The van der Waals surface area contributed by atoms with Crippen LogP contribution in [0.25, 0.3) is 10.9 Å². The molecule has 1 heterocycles. The Morgan fingerprint density at radius 1 is 0.765 bits per heavy atom. The molecule has 0 bridgehead atoms. The number of hydrogen-bond donors (Lipinski definition) is 3. The van der Waals surface area contributed by atoms with Gasteiger partial charge in [0, 0.05) is 14.9 Å². The molecule has 0 saturated heterocycles. The maximum Gasteiger partial charge on any atom is 0.328 e. The molecule has 0 atom stereocenters. The summed E-state index contributed by atoms with van der Waals surface area (Å²) in [5.41, 5.74) is 3.65. The van der Waals surface area contributed by atoms with Crippen molar-refractivity contribution in [3.05, 3.63) is 92.0 Å². The summed E-state index contributed by atoms with van der Waals surface area (Å²) >= 11 is 21.5. The molecule has 11 heteroatoms. The van der Waals surface area contributed by atoms with Gasteiger partial charge in [-0.3, -0.25) is 19.8 Å². The summed E-state index contributed by atoms with van der Waals surface area (Å²) < 4.78 is 2.00. The van der Waals surface area contributed by atoms with E-state index in [0.29, 0.717) is 21.6 Å². The predicted octanol–water partition coefficient (Wildman–Crippen LogP) is 6.33. The number of nitrogens with one attached hydrogen (secondary N) is 3. The summed E-state index contributed by atoms with van der Waals surface area (Å²) in [6.45, 7) is 0. The fraction of sp³-hybridized carbons (Fsp3) is 0. The van der Waals surface area contributed by atoms with Crippen LogP contribution >= 0.6 is 50.7 Å². The molecule has 0 spiro atoms. The van der Waals surface area contributed by atoms with Crippen molar-refractivity contribution in [2.24, 2.45) is 0 Å². The van der Waals surface area contributed by atoms with Gasteiger partial charge in [0.25, 0.3) is 5.91 Å². The van der Waals surface area contributed by atoms with Crippen LogP contribution in [0.4, 0.5) is 11.4 Å². The third kappa shape index (κ3) is 5.20. The number of carbonyl (C=O) groups excluding carboxylic acids is 3. The van der Waals surface area contributed by atoms with Crippen LogP contribution in [0.2, 0.25) is 15.1 Å². The lowest BCUT2D eigenvalue weighted by Crippen LogP contribution is -2.36. The number of amides is 3. The molecule has 0 radical (unpaired) electrons. The zero-order valence-electron chi connectivity index (χ0n) is 17.0. The van der Waals surface area contributed by atoms with Crippen LogP contribution in [-0.4, -0.2) is 22.4 Å². The van der Waals surface area contributed by atoms with Crippen molar-refractivity contribution in [1.82, 2.24) is 4.68 Å². The highest BCUT2D eigenvalue weighted by atomic mass is 79.9. The fourth-order valence-electron chi connectivity index (χ4n) is 3.14. The molecule has 4 rings (SSSR count). The Balaban J connectivity index is 1.65. The number of halogens is 4. The number of fused-ring (bicyclic) bond motifs is 1. The minimum Gasteiger partial charge on any atom is -0.319 e. The Morgan fingerprint density at radius 2 is 1.50 bits per heavy atom. The van der Waals surface area contributed by atoms with Crippen molar-refractivity contribution >= 4 is 90.7 Å². The number of rotatable bonds is 4. The first-order valence-electron chi connectivity index (χ1n) is 9.67. The molecule has 0 fully saturated rings. The van der Waals surface area contributed by atoms with Crippen molar-refractivity contribution in [1.29, 1.82) is 0 Å². The van der Waals surface area contributed by atoms with E-state index in [1.54, 1.807) is 60.7 Å². The lowest BCUT2D eigenvalue weighted by molar-refractivity contribution is -0.133. The maximum atomic E-state index is 13.1. The zero-order chi connectivity index (χ0) is 24.4. The molecular formula is C23H14BrCl3N4O3. The summed E-state index contributed by atoms with van der Waals surface area (Å²) in [5, 5.41) is 6.72. The highest BCUT2D eigenvalue weighted by Crippen LogP contribution is 2.28. The Bertz CT molecular complexity index is 1450. The van der Waals surface area contributed by atoms with Crippen molar-refractivity contribution < 1.29 is 14.4 Å². The monoisotopic (exact) mass is 578 g/mol. The summed E-state index contributed by atoms with van der Waals surface area (Å²) in [4.78, 5) is 38.3. The van der Waals surface area contributed by atoms with Crippen LogP contribution in [-0.2, 0) is 9.59 Å². The first-order valence-corrected chi connectivity index (χ1v) is 11.6. The lowest BCUT2D eigenvalue weighted by Gasteiger charge is -2.13.